The Kier molecular flexibility index (Phi) is 5.79. The summed E-state index contributed by atoms with van der Waals surface area (Å²) in [6.07, 6.45) is 2.74. The minimum Gasteiger partial charge on any atom is -0.497 e. The third-order valence-electron chi connectivity index (χ3n) is 3.65. The maximum absolute atomic E-state index is 12.3. The number of carbonyl (C=O) groups excluding carboxylic acids is 1. The Morgan fingerprint density at radius 1 is 1.33 bits per heavy atom. The van der Waals surface area contributed by atoms with Gasteiger partial charge in [0.05, 0.1) is 14.2 Å². The average molecular weight is 309 g/mol. The predicted molar refractivity (Wildman–Crippen MR) is 86.0 cm³/mol. The third-order valence-corrected chi connectivity index (χ3v) is 4.92. The first-order valence-corrected chi connectivity index (χ1v) is 8.39. The largest absolute Gasteiger partial charge is 0.497 e. The topological polar surface area (TPSA) is 38.8 Å². The van der Waals surface area contributed by atoms with E-state index in [1.54, 1.807) is 26.0 Å². The highest BCUT2D eigenvalue weighted by molar-refractivity contribution is 7.99. The Morgan fingerprint density at radius 2 is 2.14 bits per heavy atom. The van der Waals surface area contributed by atoms with E-state index in [0.717, 1.165) is 42.2 Å². The van der Waals surface area contributed by atoms with Crippen molar-refractivity contribution in [2.24, 2.45) is 0 Å². The van der Waals surface area contributed by atoms with Crippen LogP contribution in [0.15, 0.2) is 18.2 Å². The number of carbonyl (C=O) groups is 1. The Balaban J connectivity index is 2.30. The van der Waals surface area contributed by atoms with E-state index >= 15 is 0 Å². The molecule has 0 radical (unpaired) electrons. The van der Waals surface area contributed by atoms with Gasteiger partial charge in [0.15, 0.2) is 0 Å². The molecule has 1 aliphatic rings. The molecule has 1 saturated heterocycles. The van der Waals surface area contributed by atoms with Gasteiger partial charge in [-0.2, -0.15) is 0 Å². The Hall–Kier alpha value is -1.36. The fourth-order valence-electron chi connectivity index (χ4n) is 2.47. The van der Waals surface area contributed by atoms with Crippen LogP contribution in [-0.2, 0) is 4.79 Å². The number of nitrogens with zero attached hydrogens (tertiary/aromatic N) is 1. The van der Waals surface area contributed by atoms with Crippen molar-refractivity contribution in [2.45, 2.75) is 31.6 Å². The molecule has 1 aromatic rings. The number of hydrogen-bond donors (Lipinski definition) is 0. The lowest BCUT2D eigenvalue weighted by molar-refractivity contribution is -0.132. The number of unbranched alkanes of at least 4 members (excludes halogenated alkanes) is 1. The molecule has 116 valence electrons. The van der Waals surface area contributed by atoms with Crippen LogP contribution in [0.25, 0.3) is 0 Å². The summed E-state index contributed by atoms with van der Waals surface area (Å²) >= 11 is 1.81. The van der Waals surface area contributed by atoms with Crippen molar-refractivity contribution in [3.63, 3.8) is 0 Å². The van der Waals surface area contributed by atoms with Gasteiger partial charge < -0.3 is 14.4 Å². The number of hydrogen-bond acceptors (Lipinski definition) is 4. The SMILES string of the molecule is CCCCN1C(=O)CCSC1c1ccc(OC)cc1OC. The average Bonchev–Trinajstić information content (AvgIpc) is 2.53. The summed E-state index contributed by atoms with van der Waals surface area (Å²) in [5, 5.41) is 0.0404. The second-order valence-electron chi connectivity index (χ2n) is 5.02. The standard InChI is InChI=1S/C16H23NO3S/c1-4-5-9-17-15(18)8-10-21-16(17)13-7-6-12(19-2)11-14(13)20-3/h6-7,11,16H,4-5,8-10H2,1-3H3. The molecule has 4 nitrogen and oxygen atoms in total. The fourth-order valence-corrected chi connectivity index (χ4v) is 3.77. The molecule has 1 fully saturated rings. The van der Waals surface area contributed by atoms with Crippen LogP contribution in [0.4, 0.5) is 0 Å². The molecule has 0 N–H and O–H groups in total. The monoisotopic (exact) mass is 309 g/mol. The summed E-state index contributed by atoms with van der Waals surface area (Å²) in [6.45, 7) is 2.95. The molecule has 0 saturated carbocycles. The van der Waals surface area contributed by atoms with Crippen LogP contribution in [0.5, 0.6) is 11.5 Å². The molecule has 5 heteroatoms. The van der Waals surface area contributed by atoms with Gasteiger partial charge >= 0.3 is 0 Å². The maximum Gasteiger partial charge on any atom is 0.224 e. The van der Waals surface area contributed by atoms with E-state index in [0.29, 0.717) is 6.42 Å². The highest BCUT2D eigenvalue weighted by Gasteiger charge is 2.31. The first kappa shape index (κ1) is 16.0. The van der Waals surface area contributed by atoms with Crippen molar-refractivity contribution in [3.8, 4) is 11.5 Å². The van der Waals surface area contributed by atoms with Gasteiger partial charge in [-0.25, -0.2) is 0 Å². The van der Waals surface area contributed by atoms with Gasteiger partial charge in [-0.3, -0.25) is 4.79 Å². The van der Waals surface area contributed by atoms with Crippen molar-refractivity contribution in [1.29, 1.82) is 0 Å². The summed E-state index contributed by atoms with van der Waals surface area (Å²) in [5.41, 5.74) is 1.05. The van der Waals surface area contributed by atoms with Gasteiger partial charge in [0.1, 0.15) is 16.9 Å². The van der Waals surface area contributed by atoms with E-state index in [4.69, 9.17) is 9.47 Å². The van der Waals surface area contributed by atoms with Crippen molar-refractivity contribution in [1.82, 2.24) is 4.90 Å². The number of methoxy groups -OCH3 is 2. The van der Waals surface area contributed by atoms with Crippen LogP contribution in [0.1, 0.15) is 37.1 Å². The molecular weight excluding hydrogens is 286 g/mol. The zero-order valence-corrected chi connectivity index (χ0v) is 13.7. The first-order valence-electron chi connectivity index (χ1n) is 7.34. The number of rotatable bonds is 6. The summed E-state index contributed by atoms with van der Waals surface area (Å²) < 4.78 is 10.7. The van der Waals surface area contributed by atoms with Gasteiger partial charge in [-0.1, -0.05) is 13.3 Å². The van der Waals surface area contributed by atoms with Crippen LogP contribution in [0.2, 0.25) is 0 Å². The zero-order chi connectivity index (χ0) is 15.2. The van der Waals surface area contributed by atoms with Gasteiger partial charge in [0, 0.05) is 30.3 Å². The molecule has 1 aliphatic heterocycles. The molecule has 21 heavy (non-hydrogen) atoms. The second-order valence-corrected chi connectivity index (χ2v) is 6.21. The van der Waals surface area contributed by atoms with E-state index < -0.39 is 0 Å². The van der Waals surface area contributed by atoms with Gasteiger partial charge in [-0.15, -0.1) is 11.8 Å². The third kappa shape index (κ3) is 3.64. The second kappa shape index (κ2) is 7.59. The molecule has 0 bridgehead atoms. The zero-order valence-electron chi connectivity index (χ0n) is 12.9. The van der Waals surface area contributed by atoms with Crippen molar-refractivity contribution in [2.75, 3.05) is 26.5 Å². The highest BCUT2D eigenvalue weighted by atomic mass is 32.2. The lowest BCUT2D eigenvalue weighted by Gasteiger charge is -2.36. The van der Waals surface area contributed by atoms with Gasteiger partial charge in [-0.05, 0) is 18.6 Å². The first-order chi connectivity index (χ1) is 10.2. The van der Waals surface area contributed by atoms with E-state index in [1.165, 1.54) is 0 Å². The highest BCUT2D eigenvalue weighted by Crippen LogP contribution is 2.42. The number of benzene rings is 1. The fraction of sp³-hybridized carbons (Fsp3) is 0.562. The molecule has 2 rings (SSSR count). The minimum atomic E-state index is 0.0404. The Bertz CT molecular complexity index is 492. The van der Waals surface area contributed by atoms with E-state index in [-0.39, 0.29) is 11.3 Å². The van der Waals surface area contributed by atoms with Crippen LogP contribution < -0.4 is 9.47 Å². The molecule has 0 aliphatic carbocycles. The van der Waals surface area contributed by atoms with Gasteiger partial charge in [0.2, 0.25) is 5.91 Å². The van der Waals surface area contributed by atoms with Crippen molar-refractivity contribution in [3.05, 3.63) is 23.8 Å². The Morgan fingerprint density at radius 3 is 2.81 bits per heavy atom. The summed E-state index contributed by atoms with van der Waals surface area (Å²) in [4.78, 5) is 14.2. The van der Waals surface area contributed by atoms with Crippen LogP contribution in [0, 0.1) is 0 Å². The maximum atomic E-state index is 12.3. The minimum absolute atomic E-state index is 0.0404. The summed E-state index contributed by atoms with van der Waals surface area (Å²) in [5.74, 6) is 2.65. The Labute approximate surface area is 130 Å². The van der Waals surface area contributed by atoms with E-state index in [1.807, 2.05) is 23.1 Å². The number of thioether (sulfide) groups is 1. The molecule has 1 aromatic carbocycles. The van der Waals surface area contributed by atoms with Crippen LogP contribution in [0.3, 0.4) is 0 Å². The summed E-state index contributed by atoms with van der Waals surface area (Å²) in [7, 11) is 3.30. The van der Waals surface area contributed by atoms with E-state index in [9.17, 15) is 4.79 Å². The smallest absolute Gasteiger partial charge is 0.224 e. The number of amides is 1. The lowest BCUT2D eigenvalue weighted by atomic mass is 10.1. The predicted octanol–water partition coefficient (Wildman–Crippen LogP) is 3.47. The van der Waals surface area contributed by atoms with E-state index in [2.05, 4.69) is 6.92 Å². The molecule has 1 unspecified atom stereocenters. The summed E-state index contributed by atoms with van der Waals surface area (Å²) in [6, 6.07) is 5.81. The molecule has 1 amide bonds. The quantitative estimate of drug-likeness (QED) is 0.806. The normalized spacial score (nSPS) is 18.7. The number of ether oxygens (including phenoxy) is 2. The molecule has 1 heterocycles. The van der Waals surface area contributed by atoms with Crippen LogP contribution >= 0.6 is 11.8 Å². The van der Waals surface area contributed by atoms with Crippen molar-refractivity contribution >= 4 is 17.7 Å². The van der Waals surface area contributed by atoms with Crippen LogP contribution in [-0.4, -0.2) is 37.3 Å². The molecule has 1 atom stereocenters. The lowest BCUT2D eigenvalue weighted by Crippen LogP contribution is -2.38. The molecule has 0 aromatic heterocycles. The van der Waals surface area contributed by atoms with Crippen molar-refractivity contribution < 1.29 is 14.3 Å². The molecule has 0 spiro atoms. The van der Waals surface area contributed by atoms with Gasteiger partial charge in [0.25, 0.3) is 0 Å². The molecular formula is C16H23NO3S.